The van der Waals surface area contributed by atoms with Gasteiger partial charge < -0.3 is 9.29 Å². The van der Waals surface area contributed by atoms with Crippen LogP contribution in [0.1, 0.15) is 24.8 Å². The quantitative estimate of drug-likeness (QED) is 0.811. The van der Waals surface area contributed by atoms with Crippen molar-refractivity contribution in [3.63, 3.8) is 0 Å². The van der Waals surface area contributed by atoms with Gasteiger partial charge in [0, 0.05) is 0 Å². The molecule has 1 aromatic rings. The van der Waals surface area contributed by atoms with Crippen LogP contribution >= 0.6 is 0 Å². The van der Waals surface area contributed by atoms with Gasteiger partial charge in [0.05, 0.1) is 12.2 Å². The summed E-state index contributed by atoms with van der Waals surface area (Å²) in [5.41, 5.74) is 0.626. The lowest BCUT2D eigenvalue weighted by Gasteiger charge is -2.10. The van der Waals surface area contributed by atoms with E-state index >= 15 is 0 Å². The molecule has 5 nitrogen and oxygen atoms in total. The molecular weight excluding hydrogens is 244 g/mol. The highest BCUT2D eigenvalue weighted by Crippen LogP contribution is 2.22. The van der Waals surface area contributed by atoms with E-state index in [0.29, 0.717) is 12.0 Å². The van der Waals surface area contributed by atoms with Gasteiger partial charge in [0.1, 0.15) is 5.75 Å². The van der Waals surface area contributed by atoms with Crippen molar-refractivity contribution in [1.29, 1.82) is 0 Å². The molecule has 17 heavy (non-hydrogen) atoms. The first-order chi connectivity index (χ1) is 7.83. The van der Waals surface area contributed by atoms with Crippen LogP contribution in [0, 0.1) is 0 Å². The minimum absolute atomic E-state index is 0.177. The summed E-state index contributed by atoms with van der Waals surface area (Å²) in [5.74, 6) is -1.30. The van der Waals surface area contributed by atoms with E-state index in [1.54, 1.807) is 19.1 Å². The molecule has 1 unspecified atom stereocenters. The first-order valence-corrected chi connectivity index (χ1v) is 6.87. The van der Waals surface area contributed by atoms with Crippen molar-refractivity contribution < 1.29 is 22.5 Å². The first-order valence-electron chi connectivity index (χ1n) is 5.05. The predicted molar refractivity (Wildman–Crippen MR) is 62.6 cm³/mol. The summed E-state index contributed by atoms with van der Waals surface area (Å²) in [4.78, 5) is 10.9. The third-order valence-corrected chi connectivity index (χ3v) is 2.73. The van der Waals surface area contributed by atoms with E-state index in [1.807, 2.05) is 0 Å². The van der Waals surface area contributed by atoms with E-state index in [4.69, 9.17) is 5.11 Å². The van der Waals surface area contributed by atoms with Crippen molar-refractivity contribution in [3.05, 3.63) is 29.8 Å². The van der Waals surface area contributed by atoms with Gasteiger partial charge in [-0.3, -0.25) is 4.79 Å². The van der Waals surface area contributed by atoms with Crippen LogP contribution in [0.5, 0.6) is 5.75 Å². The fourth-order valence-corrected chi connectivity index (χ4v) is 1.94. The number of hydrogen-bond donors (Lipinski definition) is 1. The van der Waals surface area contributed by atoms with E-state index in [2.05, 4.69) is 4.18 Å². The second-order valence-electron chi connectivity index (χ2n) is 3.66. The molecule has 0 aliphatic rings. The minimum Gasteiger partial charge on any atom is -0.481 e. The topological polar surface area (TPSA) is 80.7 Å². The molecule has 0 amide bonds. The molecule has 0 saturated heterocycles. The molecule has 0 bridgehead atoms. The Morgan fingerprint density at radius 3 is 2.24 bits per heavy atom. The molecule has 1 aromatic carbocycles. The highest BCUT2D eigenvalue weighted by atomic mass is 32.2. The standard InChI is InChI=1S/C11H14O5S/c1-3-10(11(12)13)8-4-6-9(7-5-8)16-17(2,14)15/h4-7,10H,3H2,1-2H3,(H,12,13). The van der Waals surface area contributed by atoms with Gasteiger partial charge in [0.25, 0.3) is 0 Å². The molecule has 0 aliphatic heterocycles. The third-order valence-electron chi connectivity index (χ3n) is 2.24. The maximum absolute atomic E-state index is 10.9. The summed E-state index contributed by atoms with van der Waals surface area (Å²) >= 11 is 0. The van der Waals surface area contributed by atoms with Crippen molar-refractivity contribution in [1.82, 2.24) is 0 Å². The number of rotatable bonds is 5. The molecule has 0 aromatic heterocycles. The number of carboxylic acid groups (broad SMARTS) is 1. The largest absolute Gasteiger partial charge is 0.481 e. The molecular formula is C11H14O5S. The Hall–Kier alpha value is -1.56. The molecule has 0 spiro atoms. The maximum atomic E-state index is 10.9. The summed E-state index contributed by atoms with van der Waals surface area (Å²) in [6, 6.07) is 6.01. The highest BCUT2D eigenvalue weighted by Gasteiger charge is 2.17. The van der Waals surface area contributed by atoms with Crippen LogP contribution in [-0.4, -0.2) is 25.7 Å². The molecule has 1 N–H and O–H groups in total. The first kappa shape index (κ1) is 13.5. The van der Waals surface area contributed by atoms with Gasteiger partial charge in [-0.05, 0) is 24.1 Å². The zero-order valence-corrected chi connectivity index (χ0v) is 10.4. The highest BCUT2D eigenvalue weighted by molar-refractivity contribution is 7.86. The van der Waals surface area contributed by atoms with Crippen LogP contribution in [0.15, 0.2) is 24.3 Å². The van der Waals surface area contributed by atoms with Crippen LogP contribution in [0.2, 0.25) is 0 Å². The fourth-order valence-electron chi connectivity index (χ4n) is 1.48. The van der Waals surface area contributed by atoms with Gasteiger partial charge in [0.15, 0.2) is 0 Å². The SMILES string of the molecule is CCC(C(=O)O)c1ccc(OS(C)(=O)=O)cc1. The number of aliphatic carboxylic acids is 1. The van der Waals surface area contributed by atoms with Gasteiger partial charge in [-0.25, -0.2) is 0 Å². The molecule has 0 aliphatic carbocycles. The van der Waals surface area contributed by atoms with Crippen molar-refractivity contribution in [3.8, 4) is 5.75 Å². The van der Waals surface area contributed by atoms with Crippen molar-refractivity contribution >= 4 is 16.1 Å². The molecule has 94 valence electrons. The van der Waals surface area contributed by atoms with Gasteiger partial charge in [-0.15, -0.1) is 0 Å². The summed E-state index contributed by atoms with van der Waals surface area (Å²) in [6.45, 7) is 1.78. The molecule has 1 rings (SSSR count). The second kappa shape index (κ2) is 5.18. The summed E-state index contributed by atoms with van der Waals surface area (Å²) in [6.07, 6.45) is 1.43. The summed E-state index contributed by atoms with van der Waals surface area (Å²) < 4.78 is 26.4. The molecule has 0 saturated carbocycles. The lowest BCUT2D eigenvalue weighted by atomic mass is 9.97. The van der Waals surface area contributed by atoms with Crippen LogP contribution in [-0.2, 0) is 14.9 Å². The lowest BCUT2D eigenvalue weighted by molar-refractivity contribution is -0.138. The van der Waals surface area contributed by atoms with Crippen LogP contribution < -0.4 is 4.18 Å². The van der Waals surface area contributed by atoms with Gasteiger partial charge in [-0.1, -0.05) is 19.1 Å². The average molecular weight is 258 g/mol. The number of benzene rings is 1. The van der Waals surface area contributed by atoms with Gasteiger partial charge in [-0.2, -0.15) is 8.42 Å². The van der Waals surface area contributed by atoms with Crippen molar-refractivity contribution in [2.24, 2.45) is 0 Å². The Labute approximate surface area is 100 Å². The normalized spacial score (nSPS) is 13.1. The fraction of sp³-hybridized carbons (Fsp3) is 0.364. The Morgan fingerprint density at radius 1 is 1.35 bits per heavy atom. The zero-order chi connectivity index (χ0) is 13.1. The molecule has 1 atom stereocenters. The molecule has 0 radical (unpaired) electrons. The monoisotopic (exact) mass is 258 g/mol. The van der Waals surface area contributed by atoms with E-state index in [0.717, 1.165) is 6.26 Å². The maximum Gasteiger partial charge on any atom is 0.310 e. The van der Waals surface area contributed by atoms with Crippen LogP contribution in [0.4, 0.5) is 0 Å². The van der Waals surface area contributed by atoms with Crippen molar-refractivity contribution in [2.75, 3.05) is 6.26 Å². The van der Waals surface area contributed by atoms with E-state index in [9.17, 15) is 13.2 Å². The minimum atomic E-state index is -3.55. The lowest BCUT2D eigenvalue weighted by Crippen LogP contribution is -2.10. The zero-order valence-electron chi connectivity index (χ0n) is 9.58. The van der Waals surface area contributed by atoms with Gasteiger partial charge >= 0.3 is 16.1 Å². The Kier molecular flexibility index (Phi) is 4.11. The van der Waals surface area contributed by atoms with Gasteiger partial charge in [0.2, 0.25) is 0 Å². The smallest absolute Gasteiger partial charge is 0.310 e. The number of hydrogen-bond acceptors (Lipinski definition) is 4. The Bertz CT molecular complexity index is 489. The Morgan fingerprint density at radius 2 is 1.88 bits per heavy atom. The summed E-state index contributed by atoms with van der Waals surface area (Å²) in [7, 11) is -3.55. The predicted octanol–water partition coefficient (Wildman–Crippen LogP) is 1.60. The number of carboxylic acids is 1. The van der Waals surface area contributed by atoms with E-state index in [-0.39, 0.29) is 5.75 Å². The van der Waals surface area contributed by atoms with E-state index in [1.165, 1.54) is 12.1 Å². The Balaban J connectivity index is 2.91. The van der Waals surface area contributed by atoms with Crippen molar-refractivity contribution in [2.45, 2.75) is 19.3 Å². The van der Waals surface area contributed by atoms with E-state index < -0.39 is 22.0 Å². The molecule has 0 heterocycles. The third kappa shape index (κ3) is 4.07. The van der Waals surface area contributed by atoms with Crippen LogP contribution in [0.3, 0.4) is 0 Å². The molecule has 6 heteroatoms. The average Bonchev–Trinajstić information content (AvgIpc) is 2.18. The second-order valence-corrected chi connectivity index (χ2v) is 5.23. The number of carbonyl (C=O) groups is 1. The molecule has 0 fully saturated rings. The summed E-state index contributed by atoms with van der Waals surface area (Å²) in [5, 5.41) is 8.96. The van der Waals surface area contributed by atoms with Crippen LogP contribution in [0.25, 0.3) is 0 Å².